The van der Waals surface area contributed by atoms with E-state index >= 15 is 0 Å². The van der Waals surface area contributed by atoms with E-state index in [2.05, 4.69) is 4.90 Å². The Bertz CT molecular complexity index is 1370. The van der Waals surface area contributed by atoms with Crippen molar-refractivity contribution >= 4 is 33.2 Å². The highest BCUT2D eigenvalue weighted by Crippen LogP contribution is 2.22. The fourth-order valence-electron chi connectivity index (χ4n) is 3.82. The minimum atomic E-state index is -3.83. The van der Waals surface area contributed by atoms with Gasteiger partial charge in [0, 0.05) is 49.6 Å². The summed E-state index contributed by atoms with van der Waals surface area (Å²) in [5.41, 5.74) is 1.01. The molecule has 1 aliphatic rings. The van der Waals surface area contributed by atoms with Crippen LogP contribution in [0.3, 0.4) is 0 Å². The van der Waals surface area contributed by atoms with Crippen molar-refractivity contribution in [1.29, 1.82) is 0 Å². The summed E-state index contributed by atoms with van der Waals surface area (Å²) >= 11 is 0. The van der Waals surface area contributed by atoms with Crippen LogP contribution in [-0.2, 0) is 14.8 Å². The predicted molar refractivity (Wildman–Crippen MR) is 132 cm³/mol. The normalized spacial score (nSPS) is 14.3. The average molecular weight is 510 g/mol. The van der Waals surface area contributed by atoms with Gasteiger partial charge in [0.2, 0.25) is 10.0 Å². The summed E-state index contributed by atoms with van der Waals surface area (Å²) in [6.45, 7) is 1.09. The third-order valence-electron chi connectivity index (χ3n) is 5.80. The van der Waals surface area contributed by atoms with Crippen molar-refractivity contribution < 1.29 is 27.7 Å². The zero-order chi connectivity index (χ0) is 25.7. The Hall–Kier alpha value is -4.09. The summed E-state index contributed by atoms with van der Waals surface area (Å²) in [6, 6.07) is 20.2. The molecule has 3 aromatic carbocycles. The average Bonchev–Trinajstić information content (AvgIpc) is 2.92. The molecule has 0 N–H and O–H groups in total. The lowest BCUT2D eigenvalue weighted by Crippen LogP contribution is -2.48. The van der Waals surface area contributed by atoms with Crippen molar-refractivity contribution in [3.05, 3.63) is 100 Å². The summed E-state index contributed by atoms with van der Waals surface area (Å²) < 4.78 is 32.8. The van der Waals surface area contributed by atoms with Crippen LogP contribution in [-0.4, -0.2) is 62.2 Å². The second-order valence-electron chi connectivity index (χ2n) is 8.06. The van der Waals surface area contributed by atoms with Gasteiger partial charge in [-0.15, -0.1) is 0 Å². The van der Waals surface area contributed by atoms with E-state index in [9.17, 15) is 28.1 Å². The molecule has 0 aliphatic carbocycles. The van der Waals surface area contributed by atoms with Gasteiger partial charge in [-0.25, -0.2) is 13.2 Å². The molecule has 0 saturated carbocycles. The van der Waals surface area contributed by atoms with Crippen molar-refractivity contribution in [2.45, 2.75) is 4.90 Å². The van der Waals surface area contributed by atoms with E-state index in [4.69, 9.17) is 4.74 Å². The molecule has 1 fully saturated rings. The third-order valence-corrected chi connectivity index (χ3v) is 7.70. The highest BCUT2D eigenvalue weighted by Gasteiger charge is 2.29. The van der Waals surface area contributed by atoms with Crippen LogP contribution in [0.2, 0.25) is 0 Å². The lowest BCUT2D eigenvalue weighted by atomic mass is 10.1. The van der Waals surface area contributed by atoms with Gasteiger partial charge in [-0.2, -0.15) is 4.31 Å². The summed E-state index contributed by atoms with van der Waals surface area (Å²) in [5, 5.41) is 10.7. The molecule has 4 rings (SSSR count). The minimum absolute atomic E-state index is 0.00417. The van der Waals surface area contributed by atoms with Crippen LogP contribution >= 0.6 is 0 Å². The first-order chi connectivity index (χ1) is 17.3. The lowest BCUT2D eigenvalue weighted by Gasteiger charge is -2.35. The molecule has 0 spiro atoms. The largest absolute Gasteiger partial charge is 0.454 e. The molecule has 3 aromatic rings. The highest BCUT2D eigenvalue weighted by atomic mass is 32.2. The van der Waals surface area contributed by atoms with Crippen molar-refractivity contribution in [2.75, 3.05) is 37.7 Å². The molecule has 0 radical (unpaired) electrons. The molecule has 0 atom stereocenters. The number of sulfonamides is 1. The molecule has 0 amide bonds. The summed E-state index contributed by atoms with van der Waals surface area (Å²) in [6.07, 6.45) is 0. The molecule has 36 heavy (non-hydrogen) atoms. The van der Waals surface area contributed by atoms with E-state index in [1.807, 2.05) is 30.3 Å². The second-order valence-corrected chi connectivity index (χ2v) is 10.00. The number of rotatable bonds is 8. The maximum atomic E-state index is 13.2. The fourth-order valence-corrected chi connectivity index (χ4v) is 5.29. The number of hydrogen-bond donors (Lipinski definition) is 0. The molecule has 1 saturated heterocycles. The number of nitro groups is 1. The van der Waals surface area contributed by atoms with Crippen LogP contribution in [0.25, 0.3) is 0 Å². The van der Waals surface area contributed by atoms with Crippen LogP contribution in [0.15, 0.2) is 83.8 Å². The predicted octanol–water partition coefficient (Wildman–Crippen LogP) is 3.15. The standard InChI is InChI=1S/C25H23N3O7S/c29-24(19-9-11-22(12-10-19)28(31)32)18-35-25(30)20-5-4-8-23(17-20)36(33,34)27-15-13-26(14-16-27)21-6-2-1-3-7-21/h1-12,17H,13-16,18H2. The Balaban J connectivity index is 1.38. The van der Waals surface area contributed by atoms with Gasteiger partial charge in [-0.05, 0) is 42.5 Å². The zero-order valence-corrected chi connectivity index (χ0v) is 20.0. The van der Waals surface area contributed by atoms with Crippen LogP contribution in [0.1, 0.15) is 20.7 Å². The first-order valence-corrected chi connectivity index (χ1v) is 12.5. The topological polar surface area (TPSA) is 127 Å². The van der Waals surface area contributed by atoms with E-state index in [0.29, 0.717) is 26.2 Å². The van der Waals surface area contributed by atoms with E-state index in [1.54, 1.807) is 0 Å². The zero-order valence-electron chi connectivity index (χ0n) is 19.1. The molecule has 1 aliphatic heterocycles. The molecule has 10 nitrogen and oxygen atoms in total. The maximum Gasteiger partial charge on any atom is 0.338 e. The van der Waals surface area contributed by atoms with Gasteiger partial charge >= 0.3 is 5.97 Å². The number of hydrogen-bond acceptors (Lipinski definition) is 8. The van der Waals surface area contributed by atoms with Crippen molar-refractivity contribution in [2.24, 2.45) is 0 Å². The quantitative estimate of drug-likeness (QED) is 0.196. The number of carbonyl (C=O) groups excluding carboxylic acids is 2. The number of ether oxygens (including phenoxy) is 1. The summed E-state index contributed by atoms with van der Waals surface area (Å²) in [4.78, 5) is 37.0. The van der Waals surface area contributed by atoms with E-state index in [-0.39, 0.29) is 21.7 Å². The number of benzene rings is 3. The van der Waals surface area contributed by atoms with Crippen LogP contribution in [0, 0.1) is 10.1 Å². The summed E-state index contributed by atoms with van der Waals surface area (Å²) in [7, 11) is -3.83. The minimum Gasteiger partial charge on any atom is -0.454 e. The second kappa shape index (κ2) is 10.7. The van der Waals surface area contributed by atoms with Crippen LogP contribution in [0.4, 0.5) is 11.4 Å². The van der Waals surface area contributed by atoms with E-state index < -0.39 is 33.3 Å². The number of esters is 1. The Morgan fingerprint density at radius 1 is 0.861 bits per heavy atom. The number of nitrogens with zero attached hydrogens (tertiary/aromatic N) is 3. The maximum absolute atomic E-state index is 13.2. The number of Topliss-reactive ketones (excluding diaryl/α,β-unsaturated/α-hetero) is 1. The molecular weight excluding hydrogens is 486 g/mol. The van der Waals surface area contributed by atoms with Gasteiger partial charge in [0.05, 0.1) is 15.4 Å². The van der Waals surface area contributed by atoms with Crippen LogP contribution < -0.4 is 4.90 Å². The molecule has 11 heteroatoms. The third kappa shape index (κ3) is 5.58. The van der Waals surface area contributed by atoms with Crippen LogP contribution in [0.5, 0.6) is 0 Å². The Kier molecular flexibility index (Phi) is 7.41. The van der Waals surface area contributed by atoms with Gasteiger partial charge in [0.25, 0.3) is 5.69 Å². The Labute approximate surface area is 207 Å². The lowest BCUT2D eigenvalue weighted by molar-refractivity contribution is -0.384. The first kappa shape index (κ1) is 25.0. The molecule has 1 heterocycles. The molecule has 0 unspecified atom stereocenters. The molecule has 186 valence electrons. The van der Waals surface area contributed by atoms with Crippen molar-refractivity contribution in [1.82, 2.24) is 4.31 Å². The SMILES string of the molecule is O=C(COC(=O)c1cccc(S(=O)(=O)N2CCN(c3ccccc3)CC2)c1)c1ccc([N+](=O)[O-])cc1. The number of nitro benzene ring substituents is 1. The first-order valence-electron chi connectivity index (χ1n) is 11.1. The van der Waals surface area contributed by atoms with Gasteiger partial charge in [0.1, 0.15) is 0 Å². The van der Waals surface area contributed by atoms with Crippen molar-refractivity contribution in [3.8, 4) is 0 Å². The number of carbonyl (C=O) groups is 2. The highest BCUT2D eigenvalue weighted by molar-refractivity contribution is 7.89. The number of anilines is 1. The summed E-state index contributed by atoms with van der Waals surface area (Å²) in [5.74, 6) is -1.39. The van der Waals surface area contributed by atoms with Gasteiger partial charge < -0.3 is 9.64 Å². The Morgan fingerprint density at radius 2 is 1.53 bits per heavy atom. The molecule has 0 aromatic heterocycles. The van der Waals surface area contributed by atoms with Gasteiger partial charge in [0.15, 0.2) is 12.4 Å². The van der Waals surface area contributed by atoms with Gasteiger partial charge in [-0.3, -0.25) is 14.9 Å². The Morgan fingerprint density at radius 3 is 2.17 bits per heavy atom. The van der Waals surface area contributed by atoms with Gasteiger partial charge in [-0.1, -0.05) is 24.3 Å². The molecular formula is C25H23N3O7S. The number of para-hydroxylation sites is 1. The van der Waals surface area contributed by atoms with Crippen molar-refractivity contribution in [3.63, 3.8) is 0 Å². The van der Waals surface area contributed by atoms with E-state index in [1.165, 1.54) is 52.8 Å². The molecule has 0 bridgehead atoms. The number of non-ortho nitro benzene ring substituents is 1. The smallest absolute Gasteiger partial charge is 0.338 e. The number of ketones is 1. The number of piperazine rings is 1. The fraction of sp³-hybridized carbons (Fsp3) is 0.200. The van der Waals surface area contributed by atoms with E-state index in [0.717, 1.165) is 5.69 Å². The monoisotopic (exact) mass is 509 g/mol.